The fourth-order valence-electron chi connectivity index (χ4n) is 4.61. The lowest BCUT2D eigenvalue weighted by Crippen LogP contribution is -2.13. The zero-order valence-corrected chi connectivity index (χ0v) is 17.9. The first kappa shape index (κ1) is 19.2. The van der Waals surface area contributed by atoms with Crippen molar-refractivity contribution >= 4 is 22.5 Å². The molecule has 32 heavy (non-hydrogen) atoms. The zero-order valence-electron chi connectivity index (χ0n) is 17.9. The Balaban J connectivity index is 1.32. The first-order valence-corrected chi connectivity index (χ1v) is 11.5. The van der Waals surface area contributed by atoms with Gasteiger partial charge < -0.3 is 9.88 Å². The van der Waals surface area contributed by atoms with E-state index in [2.05, 4.69) is 20.1 Å². The number of hydrogen-bond donors (Lipinski definition) is 1. The van der Waals surface area contributed by atoms with Crippen molar-refractivity contribution in [3.05, 3.63) is 71.7 Å². The van der Waals surface area contributed by atoms with E-state index < -0.39 is 0 Å². The van der Waals surface area contributed by atoms with Crippen molar-refractivity contribution in [2.45, 2.75) is 51.0 Å². The second-order valence-corrected chi connectivity index (χ2v) is 8.82. The lowest BCUT2D eigenvalue weighted by Gasteiger charge is -2.12. The number of benzene rings is 2. The Morgan fingerprint density at radius 3 is 2.78 bits per heavy atom. The number of pyridine rings is 1. The summed E-state index contributed by atoms with van der Waals surface area (Å²) in [4.78, 5) is 18.1. The van der Waals surface area contributed by atoms with Crippen LogP contribution in [0.4, 0.5) is 5.69 Å². The molecular formula is C26H25N5O. The fraction of sp³-hybridized carbons (Fsp3) is 0.308. The van der Waals surface area contributed by atoms with Gasteiger partial charge in [0, 0.05) is 41.2 Å². The molecule has 1 aliphatic heterocycles. The van der Waals surface area contributed by atoms with Crippen molar-refractivity contribution in [1.82, 2.24) is 19.7 Å². The van der Waals surface area contributed by atoms with Crippen LogP contribution in [0.1, 0.15) is 59.9 Å². The normalized spacial score (nSPS) is 15.9. The number of nitrogens with one attached hydrogen (secondary N) is 1. The Morgan fingerprint density at radius 2 is 1.88 bits per heavy atom. The van der Waals surface area contributed by atoms with E-state index in [0.717, 1.165) is 78.1 Å². The highest BCUT2D eigenvalue weighted by Crippen LogP contribution is 2.40. The van der Waals surface area contributed by atoms with Crippen molar-refractivity contribution in [3.63, 3.8) is 0 Å². The maximum Gasteiger partial charge on any atom is 0.256 e. The van der Waals surface area contributed by atoms with E-state index >= 15 is 0 Å². The third-order valence-corrected chi connectivity index (χ3v) is 6.46. The minimum Gasteiger partial charge on any atom is -0.322 e. The average molecular weight is 424 g/mol. The number of anilines is 1. The van der Waals surface area contributed by atoms with Crippen LogP contribution in [-0.2, 0) is 13.0 Å². The molecule has 6 nitrogen and oxygen atoms in total. The third-order valence-electron chi connectivity index (χ3n) is 6.46. The van der Waals surface area contributed by atoms with Gasteiger partial charge in [-0.2, -0.15) is 0 Å². The number of nitrogens with zero attached hydrogens (tertiary/aromatic N) is 4. The molecule has 1 fully saturated rings. The van der Waals surface area contributed by atoms with Gasteiger partial charge in [-0.25, -0.2) is 0 Å². The summed E-state index contributed by atoms with van der Waals surface area (Å²) in [6, 6.07) is 17.8. The predicted octanol–water partition coefficient (Wildman–Crippen LogP) is 5.35. The Bertz CT molecular complexity index is 1320. The van der Waals surface area contributed by atoms with Crippen LogP contribution < -0.4 is 5.32 Å². The number of hydrogen-bond acceptors (Lipinski definition) is 4. The molecule has 2 aromatic heterocycles. The van der Waals surface area contributed by atoms with Crippen LogP contribution in [0.2, 0.25) is 0 Å². The van der Waals surface area contributed by atoms with Crippen LogP contribution >= 0.6 is 0 Å². The van der Waals surface area contributed by atoms with Crippen LogP contribution in [0.25, 0.3) is 22.3 Å². The summed E-state index contributed by atoms with van der Waals surface area (Å²) < 4.78 is 2.23. The number of amides is 1. The van der Waals surface area contributed by atoms with Gasteiger partial charge in [-0.15, -0.1) is 10.2 Å². The Labute approximate surface area is 186 Å². The van der Waals surface area contributed by atoms with E-state index in [9.17, 15) is 4.79 Å². The van der Waals surface area contributed by atoms with Crippen molar-refractivity contribution in [2.24, 2.45) is 0 Å². The maximum absolute atomic E-state index is 13.3. The highest BCUT2D eigenvalue weighted by molar-refractivity contribution is 6.12. The number of carbonyl (C=O) groups excluding carboxylic acids is 1. The average Bonchev–Trinajstić information content (AvgIpc) is 3.63. The quantitative estimate of drug-likeness (QED) is 0.480. The van der Waals surface area contributed by atoms with Crippen LogP contribution in [0, 0.1) is 0 Å². The summed E-state index contributed by atoms with van der Waals surface area (Å²) in [6.45, 7) is 0.946. The molecule has 2 aliphatic rings. The molecule has 6 rings (SSSR count). The molecular weight excluding hydrogens is 398 g/mol. The minimum absolute atomic E-state index is 0.109. The highest BCUT2D eigenvalue weighted by Gasteiger charge is 2.27. The van der Waals surface area contributed by atoms with Gasteiger partial charge >= 0.3 is 0 Å². The highest BCUT2D eigenvalue weighted by atomic mass is 16.1. The molecule has 160 valence electrons. The summed E-state index contributed by atoms with van der Waals surface area (Å²) >= 11 is 0. The molecule has 3 heterocycles. The summed E-state index contributed by atoms with van der Waals surface area (Å²) in [5.74, 6) is 2.31. The van der Waals surface area contributed by atoms with E-state index in [-0.39, 0.29) is 5.91 Å². The number of rotatable bonds is 4. The molecule has 6 heteroatoms. The number of carbonyl (C=O) groups is 1. The van der Waals surface area contributed by atoms with Gasteiger partial charge in [0.05, 0.1) is 11.1 Å². The van der Waals surface area contributed by atoms with Crippen LogP contribution in [0.5, 0.6) is 0 Å². The summed E-state index contributed by atoms with van der Waals surface area (Å²) in [7, 11) is 0. The van der Waals surface area contributed by atoms with Gasteiger partial charge in [0.25, 0.3) is 5.91 Å². The maximum atomic E-state index is 13.3. The van der Waals surface area contributed by atoms with Gasteiger partial charge in [0.1, 0.15) is 5.82 Å². The predicted molar refractivity (Wildman–Crippen MR) is 125 cm³/mol. The number of aryl methyl sites for hydroxylation is 1. The fourth-order valence-corrected chi connectivity index (χ4v) is 4.61. The van der Waals surface area contributed by atoms with Crippen molar-refractivity contribution in [2.75, 3.05) is 5.32 Å². The lowest BCUT2D eigenvalue weighted by molar-refractivity contribution is 0.102. The van der Waals surface area contributed by atoms with Gasteiger partial charge in [0.2, 0.25) is 0 Å². The molecule has 1 saturated carbocycles. The molecule has 0 unspecified atom stereocenters. The van der Waals surface area contributed by atoms with E-state index in [1.54, 1.807) is 0 Å². The summed E-state index contributed by atoms with van der Waals surface area (Å²) in [5, 5.41) is 12.9. The molecule has 1 N–H and O–H groups in total. The molecule has 0 saturated heterocycles. The smallest absolute Gasteiger partial charge is 0.256 e. The van der Waals surface area contributed by atoms with E-state index in [4.69, 9.17) is 4.98 Å². The van der Waals surface area contributed by atoms with Crippen LogP contribution in [-0.4, -0.2) is 25.7 Å². The summed E-state index contributed by atoms with van der Waals surface area (Å²) in [5.41, 5.74) is 4.31. The monoisotopic (exact) mass is 423 g/mol. The first-order valence-electron chi connectivity index (χ1n) is 11.5. The molecule has 1 amide bonds. The third kappa shape index (κ3) is 3.55. The van der Waals surface area contributed by atoms with Crippen molar-refractivity contribution < 1.29 is 4.79 Å². The number of para-hydroxylation sites is 1. The Kier molecular flexibility index (Phi) is 4.71. The van der Waals surface area contributed by atoms with Crippen molar-refractivity contribution in [3.8, 4) is 11.4 Å². The Morgan fingerprint density at radius 1 is 0.969 bits per heavy atom. The van der Waals surface area contributed by atoms with Gasteiger partial charge in [-0.3, -0.25) is 9.78 Å². The lowest BCUT2D eigenvalue weighted by atomic mass is 10.0. The molecule has 0 spiro atoms. The molecule has 0 bridgehead atoms. The second-order valence-electron chi connectivity index (χ2n) is 8.82. The van der Waals surface area contributed by atoms with Gasteiger partial charge in [-0.1, -0.05) is 36.8 Å². The van der Waals surface area contributed by atoms with Crippen LogP contribution in [0.3, 0.4) is 0 Å². The van der Waals surface area contributed by atoms with Gasteiger partial charge in [0.15, 0.2) is 5.82 Å². The topological polar surface area (TPSA) is 72.7 Å². The first-order chi connectivity index (χ1) is 15.8. The number of aromatic nitrogens is 4. The van der Waals surface area contributed by atoms with E-state index in [1.165, 1.54) is 6.42 Å². The number of fused-ring (bicyclic) bond motifs is 2. The van der Waals surface area contributed by atoms with Gasteiger partial charge in [-0.05, 0) is 49.9 Å². The van der Waals surface area contributed by atoms with Crippen LogP contribution in [0.15, 0.2) is 54.6 Å². The molecule has 0 radical (unpaired) electrons. The zero-order chi connectivity index (χ0) is 21.5. The minimum atomic E-state index is -0.109. The Hall–Kier alpha value is -3.54. The molecule has 2 aromatic carbocycles. The molecule has 1 aliphatic carbocycles. The van der Waals surface area contributed by atoms with Crippen molar-refractivity contribution in [1.29, 1.82) is 0 Å². The SMILES string of the molecule is O=C(Nc1cccc(-c2nnc3n2CCCCC3)c1)c1cc(C2CC2)nc2ccccc12. The standard InChI is InChI=1S/C26H25N5O/c32-26(21-16-23(17-12-13-17)28-22-10-4-3-9-20(21)22)27-19-8-6-7-18(15-19)25-30-29-24-11-2-1-5-14-31(24)25/h3-4,6-10,15-17H,1-2,5,11-14H2,(H,27,32). The largest absolute Gasteiger partial charge is 0.322 e. The van der Waals surface area contributed by atoms with E-state index in [1.807, 2.05) is 54.6 Å². The second kappa shape index (κ2) is 7.86. The summed E-state index contributed by atoms with van der Waals surface area (Å²) in [6.07, 6.45) is 6.81. The van der Waals surface area contributed by atoms with E-state index in [0.29, 0.717) is 11.5 Å². The molecule has 4 aromatic rings. The molecule has 0 atom stereocenters.